The van der Waals surface area contributed by atoms with Gasteiger partial charge in [0, 0.05) is 35.4 Å². The molecule has 11 heteroatoms. The highest BCUT2D eigenvalue weighted by molar-refractivity contribution is 5.98. The normalized spacial score (nSPS) is 10.6. The number of nitriles is 1. The van der Waals surface area contributed by atoms with Crippen molar-refractivity contribution in [3.63, 3.8) is 0 Å². The Labute approximate surface area is 205 Å². The van der Waals surface area contributed by atoms with Crippen LogP contribution in [-0.4, -0.2) is 45.6 Å². The quantitative estimate of drug-likeness (QED) is 0.359. The number of Topliss-reactive ketones (excluding diaryl/α,β-unsaturated/α-hetero) is 1. The molecule has 0 fully saturated rings. The number of carbonyl (C=O) groups excluding carboxylic acids is 3. The van der Waals surface area contributed by atoms with E-state index in [0.29, 0.717) is 17.1 Å². The molecule has 0 aliphatic rings. The summed E-state index contributed by atoms with van der Waals surface area (Å²) in [6.45, 7) is 4.71. The van der Waals surface area contributed by atoms with Gasteiger partial charge in [-0.2, -0.15) is 5.26 Å². The van der Waals surface area contributed by atoms with Gasteiger partial charge in [-0.1, -0.05) is 0 Å². The molecule has 1 aromatic carbocycles. The van der Waals surface area contributed by atoms with Gasteiger partial charge in [0.2, 0.25) is 0 Å². The number of ether oxygens (including phenoxy) is 2. The van der Waals surface area contributed by atoms with Gasteiger partial charge in [0.15, 0.2) is 5.78 Å². The number of ketones is 1. The number of benzene rings is 1. The Balaban J connectivity index is 2.13. The van der Waals surface area contributed by atoms with Crippen LogP contribution in [0.2, 0.25) is 0 Å². The summed E-state index contributed by atoms with van der Waals surface area (Å²) in [6.07, 6.45) is 1.17. The number of aromatic nitrogens is 3. The van der Waals surface area contributed by atoms with Crippen LogP contribution in [0.1, 0.15) is 54.9 Å². The minimum Gasteiger partial charge on any atom is -0.465 e. The van der Waals surface area contributed by atoms with Crippen LogP contribution >= 0.6 is 0 Å². The van der Waals surface area contributed by atoms with E-state index in [2.05, 4.69) is 0 Å². The van der Waals surface area contributed by atoms with Gasteiger partial charge in [-0.15, -0.1) is 0 Å². The zero-order valence-corrected chi connectivity index (χ0v) is 20.4. The van der Waals surface area contributed by atoms with Crippen molar-refractivity contribution in [2.75, 3.05) is 14.2 Å². The highest BCUT2D eigenvalue weighted by Gasteiger charge is 2.22. The number of rotatable bonds is 7. The SMILES string of the molecule is CCn1cc(C#N)c(=O)n(CC(=O)c2cc(C)n(-c3cc(C(=O)OC)cc(C(=O)OC)c3)c2C)c1=O. The summed E-state index contributed by atoms with van der Waals surface area (Å²) in [4.78, 5) is 62.8. The van der Waals surface area contributed by atoms with Gasteiger partial charge < -0.3 is 14.0 Å². The van der Waals surface area contributed by atoms with Crippen molar-refractivity contribution < 1.29 is 23.9 Å². The molecule has 3 rings (SSSR count). The standard InChI is InChI=1S/C25H24N4O7/c1-6-27-12-18(11-26)22(31)28(25(27)34)13-21(30)20-7-14(2)29(15(20)3)19-9-16(23(32)35-4)8-17(10-19)24(33)36-5/h7-10,12H,6,13H2,1-5H3. The first kappa shape index (κ1) is 25.9. The van der Waals surface area contributed by atoms with Crippen molar-refractivity contribution in [3.05, 3.63) is 84.9 Å². The molecule has 0 spiro atoms. The van der Waals surface area contributed by atoms with E-state index in [-0.39, 0.29) is 28.8 Å². The van der Waals surface area contributed by atoms with Crippen molar-refractivity contribution in [1.82, 2.24) is 13.7 Å². The van der Waals surface area contributed by atoms with Gasteiger partial charge in [-0.3, -0.25) is 18.7 Å². The van der Waals surface area contributed by atoms with Gasteiger partial charge >= 0.3 is 17.6 Å². The predicted molar refractivity (Wildman–Crippen MR) is 128 cm³/mol. The van der Waals surface area contributed by atoms with E-state index < -0.39 is 35.5 Å². The number of nitrogens with zero attached hydrogens (tertiary/aromatic N) is 4. The van der Waals surface area contributed by atoms with E-state index in [9.17, 15) is 29.2 Å². The Morgan fingerprint density at radius 1 is 0.972 bits per heavy atom. The fourth-order valence-corrected chi connectivity index (χ4v) is 3.98. The molecule has 0 amide bonds. The molecule has 11 nitrogen and oxygen atoms in total. The van der Waals surface area contributed by atoms with Gasteiger partial charge in [-0.05, 0) is 45.0 Å². The van der Waals surface area contributed by atoms with E-state index >= 15 is 0 Å². The molecule has 186 valence electrons. The molecule has 0 unspecified atom stereocenters. The molecule has 0 aliphatic carbocycles. The third-order valence-electron chi connectivity index (χ3n) is 5.75. The summed E-state index contributed by atoms with van der Waals surface area (Å²) in [5, 5.41) is 9.24. The van der Waals surface area contributed by atoms with Gasteiger partial charge in [0.1, 0.15) is 11.6 Å². The van der Waals surface area contributed by atoms with Crippen molar-refractivity contribution in [2.45, 2.75) is 33.9 Å². The van der Waals surface area contributed by atoms with E-state index in [1.165, 1.54) is 43.2 Å². The molecular formula is C25H24N4O7. The van der Waals surface area contributed by atoms with Crippen molar-refractivity contribution in [3.8, 4) is 11.8 Å². The lowest BCUT2D eigenvalue weighted by Gasteiger charge is -2.13. The largest absolute Gasteiger partial charge is 0.465 e. The molecule has 0 saturated heterocycles. The number of methoxy groups -OCH3 is 2. The predicted octanol–water partition coefficient (Wildman–Crippen LogP) is 1.77. The fourth-order valence-electron chi connectivity index (χ4n) is 3.98. The summed E-state index contributed by atoms with van der Waals surface area (Å²) in [7, 11) is 2.43. The molecule has 0 atom stereocenters. The molecule has 2 heterocycles. The Morgan fingerprint density at radius 2 is 1.56 bits per heavy atom. The second-order valence-corrected chi connectivity index (χ2v) is 7.91. The zero-order valence-electron chi connectivity index (χ0n) is 20.4. The Morgan fingerprint density at radius 3 is 2.06 bits per heavy atom. The monoisotopic (exact) mass is 492 g/mol. The first-order valence-electron chi connectivity index (χ1n) is 10.9. The maximum atomic E-state index is 13.2. The van der Waals surface area contributed by atoms with Gasteiger partial charge in [0.05, 0.1) is 31.9 Å². The molecule has 3 aromatic rings. The Kier molecular flexibility index (Phi) is 7.39. The van der Waals surface area contributed by atoms with Gasteiger partial charge in [-0.25, -0.2) is 14.4 Å². The van der Waals surface area contributed by atoms with Crippen LogP contribution in [0.15, 0.2) is 40.1 Å². The second-order valence-electron chi connectivity index (χ2n) is 7.91. The van der Waals surface area contributed by atoms with Crippen LogP contribution in [0, 0.1) is 25.2 Å². The van der Waals surface area contributed by atoms with Crippen LogP contribution in [0.3, 0.4) is 0 Å². The summed E-state index contributed by atoms with van der Waals surface area (Å²) >= 11 is 0. The van der Waals surface area contributed by atoms with E-state index in [0.717, 1.165) is 4.57 Å². The fraction of sp³-hybridized carbons (Fsp3) is 0.280. The summed E-state index contributed by atoms with van der Waals surface area (Å²) < 4.78 is 13.2. The maximum Gasteiger partial charge on any atom is 0.337 e. The lowest BCUT2D eigenvalue weighted by molar-refractivity contribution is 0.0598. The topological polar surface area (TPSA) is 142 Å². The van der Waals surface area contributed by atoms with Gasteiger partial charge in [0.25, 0.3) is 5.56 Å². The smallest absolute Gasteiger partial charge is 0.337 e. The number of hydrogen-bond donors (Lipinski definition) is 0. The van der Waals surface area contributed by atoms with Crippen molar-refractivity contribution in [2.24, 2.45) is 0 Å². The molecular weight excluding hydrogens is 468 g/mol. The minimum absolute atomic E-state index is 0.107. The number of aryl methyl sites for hydroxylation is 2. The first-order valence-corrected chi connectivity index (χ1v) is 10.9. The molecule has 0 bridgehead atoms. The third-order valence-corrected chi connectivity index (χ3v) is 5.75. The summed E-state index contributed by atoms with van der Waals surface area (Å²) in [5.41, 5.74) is 0.112. The number of carbonyl (C=O) groups is 3. The molecule has 36 heavy (non-hydrogen) atoms. The lowest BCUT2D eigenvalue weighted by atomic mass is 10.1. The zero-order chi connectivity index (χ0) is 26.7. The maximum absolute atomic E-state index is 13.2. The van der Waals surface area contributed by atoms with Crippen LogP contribution in [0.4, 0.5) is 0 Å². The molecule has 0 radical (unpaired) electrons. The lowest BCUT2D eigenvalue weighted by Crippen LogP contribution is -2.42. The Bertz CT molecular complexity index is 1520. The van der Waals surface area contributed by atoms with E-state index in [4.69, 9.17) is 9.47 Å². The second kappa shape index (κ2) is 10.3. The molecule has 0 saturated carbocycles. The average molecular weight is 492 g/mol. The number of esters is 2. The van der Waals surface area contributed by atoms with Crippen LogP contribution in [-0.2, 0) is 22.6 Å². The van der Waals surface area contributed by atoms with Crippen molar-refractivity contribution in [1.29, 1.82) is 5.26 Å². The summed E-state index contributed by atoms with van der Waals surface area (Å²) in [6, 6.07) is 7.69. The Hall–Kier alpha value is -4.72. The van der Waals surface area contributed by atoms with Crippen molar-refractivity contribution >= 4 is 17.7 Å². The highest BCUT2D eigenvalue weighted by atomic mass is 16.5. The third kappa shape index (κ3) is 4.61. The number of hydrogen-bond acceptors (Lipinski definition) is 8. The first-order chi connectivity index (χ1) is 17.1. The minimum atomic E-state index is -0.845. The van der Waals surface area contributed by atoms with Crippen LogP contribution < -0.4 is 11.2 Å². The summed E-state index contributed by atoms with van der Waals surface area (Å²) in [5.74, 6) is -1.85. The van der Waals surface area contributed by atoms with E-state index in [1.54, 1.807) is 37.5 Å². The molecule has 0 aliphatic heterocycles. The van der Waals surface area contributed by atoms with E-state index in [1.807, 2.05) is 0 Å². The molecule has 0 N–H and O–H groups in total. The average Bonchev–Trinajstić information content (AvgIpc) is 3.18. The van der Waals surface area contributed by atoms with Crippen LogP contribution in [0.25, 0.3) is 5.69 Å². The van der Waals surface area contributed by atoms with Crippen LogP contribution in [0.5, 0.6) is 0 Å². The highest BCUT2D eigenvalue weighted by Crippen LogP contribution is 2.24. The molecule has 2 aromatic heterocycles.